The number of carboxylic acid groups (broad SMARTS) is 1. The predicted octanol–water partition coefficient (Wildman–Crippen LogP) is 3.46. The molecule has 2 heterocycles. The van der Waals surface area contributed by atoms with Gasteiger partial charge in [0.2, 0.25) is 0 Å². The number of carboxylic acids is 1. The molecule has 0 fully saturated rings. The molecule has 0 saturated heterocycles. The van der Waals surface area contributed by atoms with Gasteiger partial charge >= 0.3 is 5.97 Å². The van der Waals surface area contributed by atoms with Crippen LogP contribution < -0.4 is 4.31 Å². The number of hydrogen-bond donors (Lipinski definition) is 1. The molecule has 23 heavy (non-hydrogen) atoms. The molecule has 1 aromatic carbocycles. The Balaban J connectivity index is 2.09. The summed E-state index contributed by atoms with van der Waals surface area (Å²) in [6.07, 6.45) is 0.742. The van der Waals surface area contributed by atoms with Gasteiger partial charge in [-0.3, -0.25) is 4.31 Å². The van der Waals surface area contributed by atoms with Crippen molar-refractivity contribution in [2.24, 2.45) is 0 Å². The first-order valence-corrected chi connectivity index (χ1v) is 9.53. The van der Waals surface area contributed by atoms with Crippen LogP contribution in [0.2, 0.25) is 0 Å². The van der Waals surface area contributed by atoms with Crippen molar-refractivity contribution >= 4 is 33.0 Å². The molecule has 2 aromatic rings. The highest BCUT2D eigenvalue weighted by Gasteiger charge is 2.33. The molecule has 122 valence electrons. The van der Waals surface area contributed by atoms with Gasteiger partial charge in [-0.15, -0.1) is 11.3 Å². The molecule has 1 atom stereocenters. The van der Waals surface area contributed by atoms with E-state index in [-0.39, 0.29) is 9.09 Å². The fourth-order valence-corrected chi connectivity index (χ4v) is 5.87. The van der Waals surface area contributed by atoms with Crippen LogP contribution in [0.4, 0.5) is 5.69 Å². The zero-order chi connectivity index (χ0) is 16.8. The van der Waals surface area contributed by atoms with Crippen LogP contribution in [-0.2, 0) is 10.0 Å². The van der Waals surface area contributed by atoms with Gasteiger partial charge in [0.15, 0.2) is 0 Å². The minimum atomic E-state index is -3.75. The standard InChI is InChI=1S/C16H17NO4S2/c1-10-7-8-17(13-6-4-3-5-12(10)13)23(20,21)14-9-11(2)15(22-14)16(18)19/h3-6,9-10H,7-8H2,1-2H3,(H,18,19). The van der Waals surface area contributed by atoms with Gasteiger partial charge in [-0.05, 0) is 42.5 Å². The van der Waals surface area contributed by atoms with Gasteiger partial charge in [-0.1, -0.05) is 25.1 Å². The molecule has 1 aliphatic heterocycles. The lowest BCUT2D eigenvalue weighted by Crippen LogP contribution is -2.35. The second kappa shape index (κ2) is 5.65. The number of benzene rings is 1. The van der Waals surface area contributed by atoms with E-state index in [1.165, 1.54) is 10.4 Å². The average molecular weight is 351 g/mol. The quantitative estimate of drug-likeness (QED) is 0.919. The number of aromatic carboxylic acids is 1. The van der Waals surface area contributed by atoms with E-state index in [4.69, 9.17) is 5.11 Å². The van der Waals surface area contributed by atoms with E-state index in [0.29, 0.717) is 23.7 Å². The molecule has 7 heteroatoms. The molecule has 0 amide bonds. The molecule has 0 radical (unpaired) electrons. The Morgan fingerprint density at radius 3 is 2.70 bits per heavy atom. The number of thiophene rings is 1. The van der Waals surface area contributed by atoms with E-state index in [1.54, 1.807) is 13.0 Å². The van der Waals surface area contributed by atoms with Crippen LogP contribution in [-0.4, -0.2) is 26.0 Å². The summed E-state index contributed by atoms with van der Waals surface area (Å²) in [5.41, 5.74) is 2.17. The predicted molar refractivity (Wildman–Crippen MR) is 90.0 cm³/mol. The van der Waals surface area contributed by atoms with E-state index in [0.717, 1.165) is 23.3 Å². The third-order valence-corrected chi connectivity index (χ3v) is 7.62. The Kier molecular flexibility index (Phi) is 3.93. The second-order valence-electron chi connectivity index (χ2n) is 5.71. The lowest BCUT2D eigenvalue weighted by atomic mass is 9.93. The van der Waals surface area contributed by atoms with Crippen molar-refractivity contribution in [2.45, 2.75) is 30.4 Å². The molecule has 1 aromatic heterocycles. The summed E-state index contributed by atoms with van der Waals surface area (Å²) in [4.78, 5) is 11.3. The first kappa shape index (κ1) is 16.0. The number of nitrogens with zero attached hydrogens (tertiary/aromatic N) is 1. The van der Waals surface area contributed by atoms with E-state index < -0.39 is 16.0 Å². The first-order valence-electron chi connectivity index (χ1n) is 7.27. The molecule has 0 spiro atoms. The normalized spacial score (nSPS) is 17.8. The summed E-state index contributed by atoms with van der Waals surface area (Å²) in [7, 11) is -3.75. The maximum Gasteiger partial charge on any atom is 0.346 e. The Hall–Kier alpha value is -1.86. The van der Waals surface area contributed by atoms with Crippen LogP contribution in [0.15, 0.2) is 34.5 Å². The molecule has 0 bridgehead atoms. The number of para-hydroxylation sites is 1. The third-order valence-electron chi connectivity index (χ3n) is 4.14. The third kappa shape index (κ3) is 2.64. The molecule has 1 aliphatic rings. The summed E-state index contributed by atoms with van der Waals surface area (Å²) < 4.78 is 27.5. The maximum absolute atomic E-state index is 13.0. The van der Waals surface area contributed by atoms with Gasteiger partial charge in [0.05, 0.1) is 5.69 Å². The average Bonchev–Trinajstić information content (AvgIpc) is 2.90. The van der Waals surface area contributed by atoms with Crippen molar-refractivity contribution in [2.75, 3.05) is 10.8 Å². The summed E-state index contributed by atoms with van der Waals surface area (Å²) in [5.74, 6) is -0.793. The van der Waals surface area contributed by atoms with Crippen molar-refractivity contribution in [3.63, 3.8) is 0 Å². The van der Waals surface area contributed by atoms with E-state index in [1.807, 2.05) is 18.2 Å². The topological polar surface area (TPSA) is 74.7 Å². The Morgan fingerprint density at radius 1 is 1.35 bits per heavy atom. The van der Waals surface area contributed by atoms with Crippen molar-refractivity contribution in [1.82, 2.24) is 0 Å². The molecular formula is C16H17NO4S2. The van der Waals surface area contributed by atoms with Crippen LogP contribution in [0.25, 0.3) is 0 Å². The van der Waals surface area contributed by atoms with Crippen molar-refractivity contribution < 1.29 is 18.3 Å². The van der Waals surface area contributed by atoms with Crippen LogP contribution in [0.3, 0.4) is 0 Å². The number of hydrogen-bond acceptors (Lipinski definition) is 4. The van der Waals surface area contributed by atoms with Crippen molar-refractivity contribution in [3.05, 3.63) is 46.3 Å². The fourth-order valence-electron chi connectivity index (χ4n) is 2.87. The maximum atomic E-state index is 13.0. The molecule has 0 saturated carbocycles. The number of sulfonamides is 1. The Bertz CT molecular complexity index is 870. The molecule has 5 nitrogen and oxygen atoms in total. The van der Waals surface area contributed by atoms with Crippen LogP contribution >= 0.6 is 11.3 Å². The first-order chi connectivity index (χ1) is 10.8. The number of fused-ring (bicyclic) bond motifs is 1. The zero-order valence-electron chi connectivity index (χ0n) is 12.8. The highest BCUT2D eigenvalue weighted by molar-refractivity contribution is 7.94. The highest BCUT2D eigenvalue weighted by Crippen LogP contribution is 2.39. The van der Waals surface area contributed by atoms with E-state index in [2.05, 4.69) is 6.92 Å². The smallest absolute Gasteiger partial charge is 0.346 e. The SMILES string of the molecule is Cc1cc(S(=O)(=O)N2CCC(C)c3ccccc32)sc1C(=O)O. The minimum absolute atomic E-state index is 0.0715. The van der Waals surface area contributed by atoms with Crippen LogP contribution in [0.1, 0.15) is 40.1 Å². The lowest BCUT2D eigenvalue weighted by molar-refractivity contribution is 0.0701. The van der Waals surface area contributed by atoms with Crippen molar-refractivity contribution in [3.8, 4) is 0 Å². The van der Waals surface area contributed by atoms with Gasteiger partial charge in [0.1, 0.15) is 9.09 Å². The molecular weight excluding hydrogens is 334 g/mol. The molecule has 1 unspecified atom stereocenters. The number of rotatable bonds is 3. The van der Waals surface area contributed by atoms with E-state index in [9.17, 15) is 13.2 Å². The summed E-state index contributed by atoms with van der Waals surface area (Å²) in [5, 5.41) is 9.15. The highest BCUT2D eigenvalue weighted by atomic mass is 32.2. The molecule has 1 N–H and O–H groups in total. The fraction of sp³-hybridized carbons (Fsp3) is 0.312. The summed E-state index contributed by atoms with van der Waals surface area (Å²) in [6.45, 7) is 4.10. The van der Waals surface area contributed by atoms with Crippen LogP contribution in [0.5, 0.6) is 0 Å². The van der Waals surface area contributed by atoms with Crippen molar-refractivity contribution in [1.29, 1.82) is 0 Å². The Labute approximate surface area is 139 Å². The van der Waals surface area contributed by atoms with Gasteiger partial charge in [-0.25, -0.2) is 13.2 Å². The van der Waals surface area contributed by atoms with Gasteiger partial charge in [0.25, 0.3) is 10.0 Å². The summed E-state index contributed by atoms with van der Waals surface area (Å²) >= 11 is 0.814. The lowest BCUT2D eigenvalue weighted by Gasteiger charge is -2.33. The Morgan fingerprint density at radius 2 is 2.04 bits per heavy atom. The largest absolute Gasteiger partial charge is 0.477 e. The number of anilines is 1. The number of carbonyl (C=O) groups is 1. The van der Waals surface area contributed by atoms with Gasteiger partial charge in [-0.2, -0.15) is 0 Å². The second-order valence-corrected chi connectivity index (χ2v) is 8.85. The minimum Gasteiger partial charge on any atom is -0.477 e. The molecule has 3 rings (SSSR count). The number of aryl methyl sites for hydroxylation is 1. The molecule has 0 aliphatic carbocycles. The zero-order valence-corrected chi connectivity index (χ0v) is 14.4. The van der Waals surface area contributed by atoms with Crippen LogP contribution in [0, 0.1) is 6.92 Å². The van der Waals surface area contributed by atoms with Gasteiger partial charge in [0, 0.05) is 6.54 Å². The van der Waals surface area contributed by atoms with Gasteiger partial charge < -0.3 is 5.11 Å². The summed E-state index contributed by atoms with van der Waals surface area (Å²) in [6, 6.07) is 8.93. The monoisotopic (exact) mass is 351 g/mol. The van der Waals surface area contributed by atoms with E-state index >= 15 is 0 Å².